The lowest BCUT2D eigenvalue weighted by Gasteiger charge is -2.11. The van der Waals surface area contributed by atoms with Gasteiger partial charge in [-0.2, -0.15) is 0 Å². The van der Waals surface area contributed by atoms with Crippen LogP contribution >= 0.6 is 15.9 Å². The number of methoxy groups -OCH3 is 1. The fourth-order valence-electron chi connectivity index (χ4n) is 1.31. The largest absolute Gasteiger partial charge is 0.467 e. The van der Waals surface area contributed by atoms with Gasteiger partial charge in [-0.1, -0.05) is 28.1 Å². The normalized spacial score (nSPS) is 11.7. The van der Waals surface area contributed by atoms with Crippen LogP contribution in [-0.4, -0.2) is 25.0 Å². The molecule has 1 atom stereocenters. The minimum Gasteiger partial charge on any atom is -0.467 e. The van der Waals surface area contributed by atoms with Gasteiger partial charge in [0.1, 0.15) is 6.04 Å². The second-order valence-electron chi connectivity index (χ2n) is 3.55. The van der Waals surface area contributed by atoms with Gasteiger partial charge in [0.2, 0.25) is 0 Å². The quantitative estimate of drug-likeness (QED) is 0.682. The second-order valence-corrected chi connectivity index (χ2v) is 4.11. The van der Waals surface area contributed by atoms with Crippen LogP contribution in [0, 0.1) is 0 Å². The molecule has 0 spiro atoms. The monoisotopic (exact) mass is 299 g/mol. The summed E-state index contributed by atoms with van der Waals surface area (Å²) < 4.78 is 4.53. The van der Waals surface area contributed by atoms with Crippen LogP contribution in [0.15, 0.2) is 24.3 Å². The van der Waals surface area contributed by atoms with E-state index >= 15 is 0 Å². The molecule has 1 N–H and O–H groups in total. The standard InChI is InChI=1S/C12H14BrNO3/c1-8(12(16)17-2)14-11(15)10-5-3-4-9(6-10)7-13/h3-6,8H,7H2,1-2H3,(H,14,15). The van der Waals surface area contributed by atoms with E-state index in [1.54, 1.807) is 25.1 Å². The van der Waals surface area contributed by atoms with Crippen LogP contribution < -0.4 is 5.32 Å². The molecule has 1 amide bonds. The van der Waals surface area contributed by atoms with Gasteiger partial charge in [0.05, 0.1) is 7.11 Å². The van der Waals surface area contributed by atoms with Crippen LogP contribution in [0.2, 0.25) is 0 Å². The number of hydrogen-bond acceptors (Lipinski definition) is 3. The molecule has 5 heteroatoms. The average molecular weight is 300 g/mol. The van der Waals surface area contributed by atoms with E-state index in [-0.39, 0.29) is 5.91 Å². The number of rotatable bonds is 4. The number of amides is 1. The van der Waals surface area contributed by atoms with E-state index in [2.05, 4.69) is 26.0 Å². The van der Waals surface area contributed by atoms with Gasteiger partial charge in [0.15, 0.2) is 0 Å². The van der Waals surface area contributed by atoms with E-state index in [4.69, 9.17) is 0 Å². The van der Waals surface area contributed by atoms with Gasteiger partial charge < -0.3 is 10.1 Å². The third-order valence-corrected chi connectivity index (χ3v) is 2.89. The van der Waals surface area contributed by atoms with Crippen molar-refractivity contribution in [3.8, 4) is 0 Å². The summed E-state index contributed by atoms with van der Waals surface area (Å²) in [6, 6.07) is 6.53. The molecule has 0 saturated carbocycles. The molecule has 0 saturated heterocycles. The lowest BCUT2D eigenvalue weighted by atomic mass is 10.1. The van der Waals surface area contributed by atoms with Crippen molar-refractivity contribution in [3.63, 3.8) is 0 Å². The summed E-state index contributed by atoms with van der Waals surface area (Å²) in [7, 11) is 1.29. The zero-order chi connectivity index (χ0) is 12.8. The molecule has 4 nitrogen and oxygen atoms in total. The molecule has 92 valence electrons. The zero-order valence-electron chi connectivity index (χ0n) is 9.70. The molecular formula is C12H14BrNO3. The molecule has 0 fully saturated rings. The Morgan fingerprint density at radius 1 is 1.47 bits per heavy atom. The minimum absolute atomic E-state index is 0.286. The predicted molar refractivity (Wildman–Crippen MR) is 68.0 cm³/mol. The van der Waals surface area contributed by atoms with Gasteiger partial charge in [-0.3, -0.25) is 4.79 Å². The van der Waals surface area contributed by atoms with Crippen molar-refractivity contribution in [2.24, 2.45) is 0 Å². The van der Waals surface area contributed by atoms with Gasteiger partial charge in [-0.05, 0) is 24.6 Å². The van der Waals surface area contributed by atoms with Crippen LogP contribution in [0.4, 0.5) is 0 Å². The number of ether oxygens (including phenoxy) is 1. The van der Waals surface area contributed by atoms with Crippen molar-refractivity contribution in [1.29, 1.82) is 0 Å². The predicted octanol–water partition coefficient (Wildman–Crippen LogP) is 1.87. The maximum Gasteiger partial charge on any atom is 0.328 e. The number of benzene rings is 1. The first-order valence-electron chi connectivity index (χ1n) is 5.12. The molecule has 0 aliphatic heterocycles. The maximum atomic E-state index is 11.8. The SMILES string of the molecule is COC(=O)C(C)NC(=O)c1cccc(CBr)c1. The number of nitrogens with one attached hydrogen (secondary N) is 1. The maximum absolute atomic E-state index is 11.8. The topological polar surface area (TPSA) is 55.4 Å². The highest BCUT2D eigenvalue weighted by Gasteiger charge is 2.16. The first-order valence-corrected chi connectivity index (χ1v) is 6.24. The molecule has 0 aliphatic rings. The van der Waals surface area contributed by atoms with Gasteiger partial charge in [-0.15, -0.1) is 0 Å². The minimum atomic E-state index is -0.653. The lowest BCUT2D eigenvalue weighted by Crippen LogP contribution is -2.39. The third-order valence-electron chi connectivity index (χ3n) is 2.25. The number of carbonyl (C=O) groups is 2. The molecule has 0 heterocycles. The number of esters is 1. The fourth-order valence-corrected chi connectivity index (χ4v) is 1.66. The van der Waals surface area contributed by atoms with E-state index in [0.29, 0.717) is 10.9 Å². The Morgan fingerprint density at radius 3 is 2.76 bits per heavy atom. The van der Waals surface area contributed by atoms with Crippen LogP contribution in [0.1, 0.15) is 22.8 Å². The molecule has 0 aliphatic carbocycles. The van der Waals surface area contributed by atoms with Gasteiger partial charge in [0, 0.05) is 10.9 Å². The van der Waals surface area contributed by atoms with Crippen LogP contribution in [0.3, 0.4) is 0 Å². The molecule has 1 rings (SSSR count). The molecule has 1 unspecified atom stereocenters. The van der Waals surface area contributed by atoms with Crippen molar-refractivity contribution in [2.45, 2.75) is 18.3 Å². The van der Waals surface area contributed by atoms with E-state index in [1.165, 1.54) is 7.11 Å². The summed E-state index contributed by atoms with van der Waals surface area (Å²) >= 11 is 3.32. The molecule has 1 aromatic rings. The van der Waals surface area contributed by atoms with Crippen molar-refractivity contribution < 1.29 is 14.3 Å². The highest BCUT2D eigenvalue weighted by Crippen LogP contribution is 2.09. The van der Waals surface area contributed by atoms with E-state index in [0.717, 1.165) is 5.56 Å². The number of carbonyl (C=O) groups excluding carboxylic acids is 2. The number of halogens is 1. The molecule has 17 heavy (non-hydrogen) atoms. The lowest BCUT2D eigenvalue weighted by molar-refractivity contribution is -0.142. The van der Waals surface area contributed by atoms with Crippen molar-refractivity contribution >= 4 is 27.8 Å². The van der Waals surface area contributed by atoms with Crippen molar-refractivity contribution in [1.82, 2.24) is 5.32 Å². The highest BCUT2D eigenvalue weighted by atomic mass is 79.9. The Labute approximate surface area is 108 Å². The summed E-state index contributed by atoms with van der Waals surface area (Å²) in [5, 5.41) is 3.25. The number of alkyl halides is 1. The van der Waals surface area contributed by atoms with E-state index in [9.17, 15) is 9.59 Å². The zero-order valence-corrected chi connectivity index (χ0v) is 11.3. The van der Waals surface area contributed by atoms with Crippen LogP contribution in [-0.2, 0) is 14.9 Å². The molecule has 1 aromatic carbocycles. The van der Waals surface area contributed by atoms with Crippen molar-refractivity contribution in [3.05, 3.63) is 35.4 Å². The molecule has 0 bridgehead atoms. The Balaban J connectivity index is 2.72. The van der Waals surface area contributed by atoms with Crippen molar-refractivity contribution in [2.75, 3.05) is 7.11 Å². The Bertz CT molecular complexity index is 420. The van der Waals surface area contributed by atoms with Gasteiger partial charge in [-0.25, -0.2) is 4.79 Å². The van der Waals surface area contributed by atoms with Gasteiger partial charge in [0.25, 0.3) is 5.91 Å². The fraction of sp³-hybridized carbons (Fsp3) is 0.333. The van der Waals surface area contributed by atoms with Gasteiger partial charge >= 0.3 is 5.97 Å². The smallest absolute Gasteiger partial charge is 0.328 e. The summed E-state index contributed by atoms with van der Waals surface area (Å²) in [4.78, 5) is 23.0. The van der Waals surface area contributed by atoms with E-state index in [1.807, 2.05) is 6.07 Å². The van der Waals surface area contributed by atoms with Crippen LogP contribution in [0.25, 0.3) is 0 Å². The first-order chi connectivity index (χ1) is 8.08. The molecular weight excluding hydrogens is 286 g/mol. The number of hydrogen-bond donors (Lipinski definition) is 1. The summed E-state index contributed by atoms with van der Waals surface area (Å²) in [6.07, 6.45) is 0. The first kappa shape index (κ1) is 13.7. The Morgan fingerprint density at radius 2 is 2.18 bits per heavy atom. The summed E-state index contributed by atoms with van der Waals surface area (Å²) in [5.41, 5.74) is 1.53. The second kappa shape index (κ2) is 6.39. The van der Waals surface area contributed by atoms with Crippen LogP contribution in [0.5, 0.6) is 0 Å². The average Bonchev–Trinajstić information content (AvgIpc) is 2.37. The summed E-state index contributed by atoms with van der Waals surface area (Å²) in [5.74, 6) is -0.749. The Kier molecular flexibility index (Phi) is 5.15. The Hall–Kier alpha value is -1.36. The van der Waals surface area contributed by atoms with E-state index < -0.39 is 12.0 Å². The highest BCUT2D eigenvalue weighted by molar-refractivity contribution is 9.08. The molecule has 0 aromatic heterocycles. The summed E-state index contributed by atoms with van der Waals surface area (Å²) in [6.45, 7) is 1.58. The third kappa shape index (κ3) is 3.85. The molecule has 0 radical (unpaired) electrons.